The minimum atomic E-state index is -1.29. The lowest BCUT2D eigenvalue weighted by Gasteiger charge is -2.33. The molecule has 0 saturated heterocycles. The van der Waals surface area contributed by atoms with Gasteiger partial charge in [-0.25, -0.2) is 14.8 Å². The molecule has 8 aromatic carbocycles. The Bertz CT molecular complexity index is 3820. The van der Waals surface area contributed by atoms with Crippen LogP contribution >= 0.6 is 0 Å². The van der Waals surface area contributed by atoms with E-state index in [1.165, 1.54) is 63.9 Å². The molecular weight excluding hydrogens is 1080 g/mol. The van der Waals surface area contributed by atoms with Crippen molar-refractivity contribution in [2.24, 2.45) is 0 Å². The average molecular weight is 1140 g/mol. The van der Waals surface area contributed by atoms with Gasteiger partial charge in [-0.3, -0.25) is 4.89 Å². The lowest BCUT2D eigenvalue weighted by atomic mass is 9.70. The smallest absolute Gasteiger partial charge is 0.421 e. The molecule has 0 bridgehead atoms. The van der Waals surface area contributed by atoms with Crippen LogP contribution in [0.1, 0.15) is 109 Å². The molecule has 18 nitrogen and oxygen atoms in total. The molecule has 0 radical (unpaired) electrons. The van der Waals surface area contributed by atoms with E-state index in [9.17, 15) is 9.59 Å². The Kier molecular flexibility index (Phi) is 21.5. The van der Waals surface area contributed by atoms with Gasteiger partial charge in [0.1, 0.15) is 11.5 Å². The number of esters is 1. The Morgan fingerprint density at radius 3 is 1.38 bits per heavy atom. The maximum Gasteiger partial charge on any atom is 0.421 e. The van der Waals surface area contributed by atoms with Crippen LogP contribution in [0.2, 0.25) is 0 Å². The molecule has 434 valence electrons. The van der Waals surface area contributed by atoms with Crippen LogP contribution in [0, 0.1) is 49.4 Å². The highest BCUT2D eigenvalue weighted by atomic mass is 18.0. The van der Waals surface area contributed by atoms with E-state index < -0.39 is 11.9 Å². The summed E-state index contributed by atoms with van der Waals surface area (Å²) in [5, 5.41) is 60.0. The first-order valence-corrected chi connectivity index (χ1v) is 27.0. The molecule has 84 heavy (non-hydrogen) atoms. The van der Waals surface area contributed by atoms with Crippen LogP contribution < -0.4 is 9.47 Å². The Labute approximate surface area is 485 Å². The minimum Gasteiger partial charge on any atom is -0.494 e. The second-order valence-corrected chi connectivity index (χ2v) is 21.6. The quantitative estimate of drug-likeness (QED) is 0.00690. The fourth-order valence-corrected chi connectivity index (χ4v) is 10.3. The number of hydrogen-bond donors (Lipinski definition) is 1. The van der Waals surface area contributed by atoms with E-state index in [0.29, 0.717) is 6.61 Å². The van der Waals surface area contributed by atoms with Crippen LogP contribution in [0.25, 0.3) is 76.5 Å². The van der Waals surface area contributed by atoms with E-state index in [2.05, 4.69) is 254 Å². The van der Waals surface area contributed by atoms with Crippen molar-refractivity contribution in [3.8, 4) is 80.4 Å². The number of unbranched alkanes of at least 4 members (excludes halogenated alkanes) is 5. The van der Waals surface area contributed by atoms with E-state index in [1.807, 2.05) is 18.1 Å². The molecular formula is C66H62O18. The molecule has 0 atom stereocenters. The van der Waals surface area contributed by atoms with Crippen LogP contribution in [0.4, 0.5) is 0 Å². The van der Waals surface area contributed by atoms with Gasteiger partial charge in [0.2, 0.25) is 0 Å². The van der Waals surface area contributed by atoms with Crippen LogP contribution in [0.15, 0.2) is 121 Å². The molecule has 0 aromatic heterocycles. The Balaban J connectivity index is 1.08. The van der Waals surface area contributed by atoms with E-state index in [1.54, 1.807) is 12.1 Å². The fraction of sp³-hybridized carbons (Fsp3) is 0.273. The van der Waals surface area contributed by atoms with Gasteiger partial charge < -0.3 is 9.47 Å². The predicted molar refractivity (Wildman–Crippen MR) is 309 cm³/mol. The Morgan fingerprint density at radius 2 is 0.833 bits per heavy atom. The molecule has 0 saturated carbocycles. The minimum absolute atomic E-state index is 0.119. The molecule has 0 aliphatic carbocycles. The van der Waals surface area contributed by atoms with Gasteiger partial charge in [0.05, 0.1) is 6.61 Å². The SMILES string of the molecule is CCCCCCCCOc1ccc(-c2c3ccc(C)cc3c(-c3ccc(OC(=O)C#CC#CC#CC(=O)OOOOOOOOOOOOOO)cc3)c3ccc(-c4ccc5c(c4)c(C(C)(C)C)c(C(C)(C)C)c4cc(C)ccc45)cc23)cc1. The summed E-state index contributed by atoms with van der Waals surface area (Å²) in [5.74, 6) is 12.2. The maximum absolute atomic E-state index is 12.8. The zero-order valence-corrected chi connectivity index (χ0v) is 47.9. The van der Waals surface area contributed by atoms with Crippen LogP contribution in [-0.4, -0.2) is 23.8 Å². The third kappa shape index (κ3) is 16.1. The summed E-state index contributed by atoms with van der Waals surface area (Å²) in [6, 6.07) is 43.1. The van der Waals surface area contributed by atoms with E-state index in [0.717, 1.165) is 79.1 Å². The summed E-state index contributed by atoms with van der Waals surface area (Å²) >= 11 is 0. The molecule has 8 aromatic rings. The average Bonchev–Trinajstić information content (AvgIpc) is 0.885. The number of fused-ring (bicyclic) bond motifs is 5. The highest BCUT2D eigenvalue weighted by molar-refractivity contribution is 6.22. The van der Waals surface area contributed by atoms with Crippen molar-refractivity contribution in [1.29, 1.82) is 0 Å². The van der Waals surface area contributed by atoms with Crippen molar-refractivity contribution in [1.82, 2.24) is 0 Å². The molecule has 0 fully saturated rings. The van der Waals surface area contributed by atoms with Crippen LogP contribution in [0.5, 0.6) is 11.5 Å². The molecule has 18 heteroatoms. The summed E-state index contributed by atoms with van der Waals surface area (Å²) in [6.45, 7) is 21.1. The zero-order chi connectivity index (χ0) is 59.6. The summed E-state index contributed by atoms with van der Waals surface area (Å²) in [7, 11) is 0. The van der Waals surface area contributed by atoms with Crippen molar-refractivity contribution in [3.63, 3.8) is 0 Å². The van der Waals surface area contributed by atoms with Gasteiger partial charge in [0.25, 0.3) is 0 Å². The van der Waals surface area contributed by atoms with Crippen molar-refractivity contribution >= 4 is 55.0 Å². The lowest BCUT2D eigenvalue weighted by Crippen LogP contribution is -2.23. The van der Waals surface area contributed by atoms with Crippen molar-refractivity contribution in [2.75, 3.05) is 6.61 Å². The summed E-state index contributed by atoms with van der Waals surface area (Å²) in [5.41, 5.74) is 11.2. The number of carbonyl (C=O) groups is 2. The number of ether oxygens (including phenoxy) is 2. The summed E-state index contributed by atoms with van der Waals surface area (Å²) in [6.07, 6.45) is 7.17. The highest BCUT2D eigenvalue weighted by Gasteiger charge is 2.30. The molecule has 0 unspecified atom stereocenters. The van der Waals surface area contributed by atoms with Gasteiger partial charge in [-0.2, -0.15) is 0 Å². The first-order chi connectivity index (χ1) is 40.5. The van der Waals surface area contributed by atoms with E-state index in [4.69, 9.17) is 14.7 Å². The van der Waals surface area contributed by atoms with Gasteiger partial charge in [0, 0.05) is 42.1 Å². The standard InChI is InChI=1S/C66H62O18/c1-10-11-12-13-16-19-38-70-49-30-24-45(25-31-49)62-53-35-23-43(2)39-55(53)61(46-26-32-50(33-27-46)71-59(67)20-17-14-15-18-21-60(68)72-74-76-78-80-82-84-83-81-79-77-75-73-69)54-37-29-47(41-56(54)62)48-28-36-52-51-34-22-44(3)40-57(51)63(65(4,5)6)64(58(52)42-48)66(7,8)9/h22-37,39-42,69H,10-13,16,19,38H2,1-9H3. The van der Waals surface area contributed by atoms with Gasteiger partial charge >= 0.3 is 11.9 Å². The Hall–Kier alpha value is -8.30. The van der Waals surface area contributed by atoms with Gasteiger partial charge in [0.15, 0.2) is 0 Å². The lowest BCUT2D eigenvalue weighted by molar-refractivity contribution is -0.874. The zero-order valence-electron chi connectivity index (χ0n) is 47.9. The first kappa shape index (κ1) is 61.8. The largest absolute Gasteiger partial charge is 0.494 e. The molecule has 0 heterocycles. The number of aryl methyl sites for hydroxylation is 2. The van der Waals surface area contributed by atoms with Crippen molar-refractivity contribution < 1.29 is 89.7 Å². The molecule has 0 aliphatic heterocycles. The molecule has 0 amide bonds. The summed E-state index contributed by atoms with van der Waals surface area (Å²) in [4.78, 5) is 28.5. The van der Waals surface area contributed by atoms with Crippen LogP contribution in [0.3, 0.4) is 0 Å². The second kappa shape index (κ2) is 29.3. The Morgan fingerprint density at radius 1 is 0.417 bits per heavy atom. The van der Waals surface area contributed by atoms with Crippen molar-refractivity contribution in [3.05, 3.63) is 144 Å². The third-order valence-electron chi connectivity index (χ3n) is 13.6. The van der Waals surface area contributed by atoms with Gasteiger partial charge in [-0.15, -0.1) is 0 Å². The first-order valence-electron chi connectivity index (χ1n) is 27.0. The molecule has 0 spiro atoms. The normalized spacial score (nSPS) is 11.5. The summed E-state index contributed by atoms with van der Waals surface area (Å²) < 4.78 is 11.8. The van der Waals surface area contributed by atoms with Crippen LogP contribution in [-0.2, 0) is 85.8 Å². The molecule has 8 rings (SSSR count). The predicted octanol–water partition coefficient (Wildman–Crippen LogP) is 15.4. The van der Waals surface area contributed by atoms with Gasteiger partial charge in [-0.05, 0) is 209 Å². The number of rotatable bonds is 24. The third-order valence-corrected chi connectivity index (χ3v) is 13.6. The van der Waals surface area contributed by atoms with Crippen molar-refractivity contribution in [2.45, 2.75) is 112 Å². The second-order valence-electron chi connectivity index (χ2n) is 21.6. The van der Waals surface area contributed by atoms with E-state index in [-0.39, 0.29) is 16.6 Å². The number of carbonyl (C=O) groups excluding carboxylic acids is 2. The van der Waals surface area contributed by atoms with Gasteiger partial charge in [-0.1, -0.05) is 177 Å². The highest BCUT2D eigenvalue weighted by Crippen LogP contribution is 2.48. The maximum atomic E-state index is 12.8. The molecule has 0 aliphatic rings. The molecule has 1 N–H and O–H groups in total. The monoisotopic (exact) mass is 1140 g/mol. The topological polar surface area (TPSA) is 193 Å². The fourth-order valence-electron chi connectivity index (χ4n) is 10.3. The number of benzene rings is 8. The number of hydrogen-bond acceptors (Lipinski definition) is 18. The van der Waals surface area contributed by atoms with E-state index >= 15 is 0 Å².